The number of hydrogen-bond donors (Lipinski definition) is 1. The molecule has 7 heteroatoms. The van der Waals surface area contributed by atoms with Gasteiger partial charge in [0.15, 0.2) is 15.7 Å². The molecule has 0 amide bonds. The van der Waals surface area contributed by atoms with Crippen LogP contribution in [-0.2, 0) is 22.1 Å². The van der Waals surface area contributed by atoms with E-state index in [2.05, 4.69) is 15.5 Å². The number of rotatable bonds is 5. The Hall–Kier alpha value is -1.89. The van der Waals surface area contributed by atoms with Crippen molar-refractivity contribution in [1.29, 1.82) is 0 Å². The monoisotopic (exact) mass is 281 g/mol. The molecule has 0 saturated heterocycles. The SMILES string of the molecule is Cc1noc(CNc2ccccc2CS(C)(=O)=O)n1. The fourth-order valence-corrected chi connectivity index (χ4v) is 2.50. The van der Waals surface area contributed by atoms with E-state index < -0.39 is 9.84 Å². The highest BCUT2D eigenvalue weighted by atomic mass is 32.2. The first-order valence-corrected chi connectivity index (χ1v) is 7.79. The average molecular weight is 281 g/mol. The van der Waals surface area contributed by atoms with Gasteiger partial charge in [-0.25, -0.2) is 8.42 Å². The van der Waals surface area contributed by atoms with Gasteiger partial charge in [0, 0.05) is 11.9 Å². The molecule has 0 bridgehead atoms. The molecule has 0 saturated carbocycles. The smallest absolute Gasteiger partial charge is 0.245 e. The minimum atomic E-state index is -3.07. The molecule has 1 aromatic heterocycles. The van der Waals surface area contributed by atoms with Gasteiger partial charge in [-0.05, 0) is 18.6 Å². The van der Waals surface area contributed by atoms with Gasteiger partial charge in [0.1, 0.15) is 0 Å². The number of nitrogens with zero attached hydrogens (tertiary/aromatic N) is 2. The first-order valence-electron chi connectivity index (χ1n) is 5.73. The minimum absolute atomic E-state index is 0.000958. The highest BCUT2D eigenvalue weighted by Crippen LogP contribution is 2.18. The summed E-state index contributed by atoms with van der Waals surface area (Å²) in [6.07, 6.45) is 1.21. The van der Waals surface area contributed by atoms with Crippen LogP contribution in [0.4, 0.5) is 5.69 Å². The maximum atomic E-state index is 11.4. The molecule has 19 heavy (non-hydrogen) atoms. The van der Waals surface area contributed by atoms with Gasteiger partial charge in [-0.2, -0.15) is 4.98 Å². The molecule has 6 nitrogen and oxygen atoms in total. The predicted molar refractivity (Wildman–Crippen MR) is 71.4 cm³/mol. The Morgan fingerprint density at radius 3 is 2.68 bits per heavy atom. The molecule has 0 aliphatic rings. The molecule has 1 N–H and O–H groups in total. The van der Waals surface area contributed by atoms with E-state index in [9.17, 15) is 8.42 Å². The molecule has 102 valence electrons. The van der Waals surface area contributed by atoms with Crippen LogP contribution in [0, 0.1) is 6.92 Å². The lowest BCUT2D eigenvalue weighted by Gasteiger charge is -2.09. The van der Waals surface area contributed by atoms with Crippen LogP contribution < -0.4 is 5.32 Å². The summed E-state index contributed by atoms with van der Waals surface area (Å²) in [7, 11) is -3.07. The number of aromatic nitrogens is 2. The largest absolute Gasteiger partial charge is 0.376 e. The van der Waals surface area contributed by atoms with E-state index in [4.69, 9.17) is 4.52 Å². The van der Waals surface area contributed by atoms with Crippen molar-refractivity contribution in [2.75, 3.05) is 11.6 Å². The summed E-state index contributed by atoms with van der Waals surface area (Å²) >= 11 is 0. The van der Waals surface area contributed by atoms with E-state index in [1.807, 2.05) is 18.2 Å². The molecule has 1 aromatic carbocycles. The zero-order chi connectivity index (χ0) is 13.9. The molecule has 0 spiro atoms. The van der Waals surface area contributed by atoms with Crippen molar-refractivity contribution in [2.45, 2.75) is 19.2 Å². The van der Waals surface area contributed by atoms with Crippen LogP contribution in [0.15, 0.2) is 28.8 Å². The Morgan fingerprint density at radius 2 is 2.05 bits per heavy atom. The van der Waals surface area contributed by atoms with E-state index in [-0.39, 0.29) is 5.75 Å². The van der Waals surface area contributed by atoms with Crippen LogP contribution in [0.2, 0.25) is 0 Å². The summed E-state index contributed by atoms with van der Waals surface area (Å²) in [6.45, 7) is 2.10. The zero-order valence-electron chi connectivity index (χ0n) is 10.8. The van der Waals surface area contributed by atoms with E-state index in [1.165, 1.54) is 6.26 Å². The van der Waals surface area contributed by atoms with Crippen LogP contribution in [0.25, 0.3) is 0 Å². The first kappa shape index (κ1) is 13.5. The Labute approximate surface area is 111 Å². The lowest BCUT2D eigenvalue weighted by atomic mass is 10.2. The van der Waals surface area contributed by atoms with Crippen LogP contribution in [0.1, 0.15) is 17.3 Å². The normalized spacial score (nSPS) is 11.5. The Bertz CT molecular complexity index is 664. The third-order valence-corrected chi connectivity index (χ3v) is 3.27. The quantitative estimate of drug-likeness (QED) is 0.894. The average Bonchev–Trinajstić information content (AvgIpc) is 2.72. The Balaban J connectivity index is 2.11. The van der Waals surface area contributed by atoms with E-state index in [0.29, 0.717) is 18.3 Å². The minimum Gasteiger partial charge on any atom is -0.376 e. The van der Waals surface area contributed by atoms with Gasteiger partial charge in [0.25, 0.3) is 0 Å². The van der Waals surface area contributed by atoms with Crippen LogP contribution in [0.5, 0.6) is 0 Å². The standard InChI is InChI=1S/C12H15N3O3S/c1-9-14-12(18-15-9)7-13-11-6-4-3-5-10(11)8-19(2,16)17/h3-6,13H,7-8H2,1-2H3. The van der Waals surface area contributed by atoms with Crippen molar-refractivity contribution < 1.29 is 12.9 Å². The van der Waals surface area contributed by atoms with Crippen molar-refractivity contribution in [1.82, 2.24) is 10.1 Å². The molecular weight excluding hydrogens is 266 g/mol. The summed E-state index contributed by atoms with van der Waals surface area (Å²) in [5.74, 6) is 1.03. The second kappa shape index (κ2) is 5.40. The molecule has 0 aliphatic heterocycles. The highest BCUT2D eigenvalue weighted by Gasteiger charge is 2.09. The molecule has 0 atom stereocenters. The molecule has 2 aromatic rings. The maximum Gasteiger partial charge on any atom is 0.245 e. The summed E-state index contributed by atoms with van der Waals surface area (Å²) in [4.78, 5) is 4.07. The van der Waals surface area contributed by atoms with Crippen LogP contribution >= 0.6 is 0 Å². The fraction of sp³-hybridized carbons (Fsp3) is 0.333. The van der Waals surface area contributed by atoms with Crippen molar-refractivity contribution in [3.63, 3.8) is 0 Å². The van der Waals surface area contributed by atoms with E-state index in [0.717, 1.165) is 11.3 Å². The number of benzene rings is 1. The van der Waals surface area contributed by atoms with Gasteiger partial charge in [0.05, 0.1) is 12.3 Å². The van der Waals surface area contributed by atoms with Crippen LogP contribution in [0.3, 0.4) is 0 Å². The highest BCUT2D eigenvalue weighted by molar-refractivity contribution is 7.89. The number of para-hydroxylation sites is 1. The lowest BCUT2D eigenvalue weighted by molar-refractivity contribution is 0.379. The predicted octanol–water partition coefficient (Wildman–Crippen LogP) is 1.53. The van der Waals surface area contributed by atoms with Gasteiger partial charge < -0.3 is 9.84 Å². The van der Waals surface area contributed by atoms with Crippen molar-refractivity contribution in [3.8, 4) is 0 Å². The van der Waals surface area contributed by atoms with Crippen molar-refractivity contribution in [3.05, 3.63) is 41.5 Å². The van der Waals surface area contributed by atoms with Crippen molar-refractivity contribution in [2.24, 2.45) is 0 Å². The fourth-order valence-electron chi connectivity index (χ4n) is 1.68. The third-order valence-electron chi connectivity index (χ3n) is 2.43. The lowest BCUT2D eigenvalue weighted by Crippen LogP contribution is -2.06. The topological polar surface area (TPSA) is 85.1 Å². The van der Waals surface area contributed by atoms with Crippen molar-refractivity contribution >= 4 is 15.5 Å². The summed E-state index contributed by atoms with van der Waals surface area (Å²) in [5, 5.41) is 6.79. The first-order chi connectivity index (χ1) is 8.94. The summed E-state index contributed by atoms with van der Waals surface area (Å²) < 4.78 is 27.7. The number of sulfone groups is 1. The molecule has 2 rings (SSSR count). The van der Waals surface area contributed by atoms with Crippen LogP contribution in [-0.4, -0.2) is 24.8 Å². The number of aryl methyl sites for hydroxylation is 1. The molecule has 0 aliphatic carbocycles. The second-order valence-electron chi connectivity index (χ2n) is 4.32. The molecule has 0 fully saturated rings. The number of hydrogen-bond acceptors (Lipinski definition) is 6. The molecule has 0 radical (unpaired) electrons. The van der Waals surface area contributed by atoms with E-state index >= 15 is 0 Å². The molecular formula is C12H15N3O3S. The Kier molecular flexibility index (Phi) is 3.84. The van der Waals surface area contributed by atoms with E-state index in [1.54, 1.807) is 13.0 Å². The third kappa shape index (κ3) is 4.06. The van der Waals surface area contributed by atoms with Gasteiger partial charge in [-0.1, -0.05) is 23.4 Å². The van der Waals surface area contributed by atoms with Gasteiger partial charge in [0.2, 0.25) is 5.89 Å². The molecule has 1 heterocycles. The van der Waals surface area contributed by atoms with Gasteiger partial charge >= 0.3 is 0 Å². The summed E-state index contributed by atoms with van der Waals surface area (Å²) in [6, 6.07) is 7.25. The van der Waals surface area contributed by atoms with Gasteiger partial charge in [-0.15, -0.1) is 0 Å². The Morgan fingerprint density at radius 1 is 1.32 bits per heavy atom. The second-order valence-corrected chi connectivity index (χ2v) is 6.46. The van der Waals surface area contributed by atoms with Gasteiger partial charge in [-0.3, -0.25) is 0 Å². The zero-order valence-corrected chi connectivity index (χ0v) is 11.6. The number of anilines is 1. The number of nitrogens with one attached hydrogen (secondary N) is 1. The molecule has 0 unspecified atom stereocenters. The summed E-state index contributed by atoms with van der Waals surface area (Å²) in [5.41, 5.74) is 1.48. The maximum absolute atomic E-state index is 11.4.